The first kappa shape index (κ1) is 4.63. The highest BCUT2D eigenvalue weighted by molar-refractivity contribution is 5.03. The van der Waals surface area contributed by atoms with Gasteiger partial charge in [0.15, 0.2) is 0 Å². The molecule has 0 heteroatoms. The molecule has 0 bridgehead atoms. The van der Waals surface area contributed by atoms with Crippen LogP contribution in [0, 0.1) is 12.0 Å². The summed E-state index contributed by atoms with van der Waals surface area (Å²) < 4.78 is 0. The molecule has 37 valence electrons. The monoisotopic (exact) mass is 93.1 g/mol. The molecule has 0 saturated carbocycles. The molecular weight excluding hydrogens is 84.1 g/mol. The molecule has 0 heterocycles. The van der Waals surface area contributed by atoms with E-state index in [0.717, 1.165) is 0 Å². The molecule has 0 N–H and O–H groups in total. The van der Waals surface area contributed by atoms with Crippen LogP contribution >= 0.6 is 0 Å². The van der Waals surface area contributed by atoms with Crippen molar-refractivity contribution < 1.29 is 0 Å². The maximum absolute atomic E-state index is 3.03. The van der Waals surface area contributed by atoms with Crippen LogP contribution in [-0.4, -0.2) is 0 Å². The molecular formula is C7H9. The zero-order valence-electron chi connectivity index (χ0n) is 4.52. The van der Waals surface area contributed by atoms with E-state index in [1.165, 1.54) is 6.42 Å². The average Bonchev–Trinajstić information content (AvgIpc) is 1.69. The minimum absolute atomic E-state index is 0.713. The van der Waals surface area contributed by atoms with Crippen molar-refractivity contribution in [2.75, 3.05) is 0 Å². The molecule has 1 radical (unpaired) electrons. The van der Waals surface area contributed by atoms with E-state index in [-0.39, 0.29) is 0 Å². The van der Waals surface area contributed by atoms with Crippen LogP contribution in [0.25, 0.3) is 0 Å². The third-order valence-electron chi connectivity index (χ3n) is 1.10. The Morgan fingerprint density at radius 1 is 1.71 bits per heavy atom. The van der Waals surface area contributed by atoms with Crippen LogP contribution in [0.4, 0.5) is 0 Å². The van der Waals surface area contributed by atoms with E-state index in [2.05, 4.69) is 25.2 Å². The van der Waals surface area contributed by atoms with Gasteiger partial charge in [0, 0.05) is 0 Å². The zero-order chi connectivity index (χ0) is 5.11. The smallest absolute Gasteiger partial charge is 0.0218 e. The Hall–Kier alpha value is -0.520. The van der Waals surface area contributed by atoms with Crippen LogP contribution in [0.15, 0.2) is 18.2 Å². The molecule has 0 aromatic heterocycles. The summed E-state index contributed by atoms with van der Waals surface area (Å²) in [5.74, 6) is 0.713. The van der Waals surface area contributed by atoms with Gasteiger partial charge in [-0.05, 0) is 18.4 Å². The van der Waals surface area contributed by atoms with Crippen molar-refractivity contribution in [2.24, 2.45) is 5.92 Å². The van der Waals surface area contributed by atoms with Crippen molar-refractivity contribution >= 4 is 0 Å². The summed E-state index contributed by atoms with van der Waals surface area (Å²) in [5.41, 5.74) is 0. The van der Waals surface area contributed by atoms with E-state index in [1.807, 2.05) is 6.08 Å². The number of rotatable bonds is 0. The van der Waals surface area contributed by atoms with Gasteiger partial charge in [-0.15, -0.1) is 0 Å². The highest BCUT2D eigenvalue weighted by Gasteiger charge is 1.93. The lowest BCUT2D eigenvalue weighted by molar-refractivity contribution is 0.734. The summed E-state index contributed by atoms with van der Waals surface area (Å²) in [6, 6.07) is 0. The first-order valence-electron chi connectivity index (χ1n) is 2.64. The lowest BCUT2D eigenvalue weighted by Gasteiger charge is -2.01. The van der Waals surface area contributed by atoms with E-state index in [9.17, 15) is 0 Å². The first-order valence-corrected chi connectivity index (χ1v) is 2.64. The van der Waals surface area contributed by atoms with Crippen LogP contribution in [0.5, 0.6) is 0 Å². The maximum Gasteiger partial charge on any atom is -0.0218 e. The molecule has 0 aromatic carbocycles. The predicted octanol–water partition coefficient (Wildman–Crippen LogP) is 1.94. The van der Waals surface area contributed by atoms with E-state index < -0.39 is 0 Å². The third-order valence-corrected chi connectivity index (χ3v) is 1.10. The lowest BCUT2D eigenvalue weighted by Crippen LogP contribution is -1.88. The number of hydrogen-bond donors (Lipinski definition) is 0. The largest absolute Gasteiger partial charge is 0.0834 e. The van der Waals surface area contributed by atoms with Gasteiger partial charge in [-0.1, -0.05) is 25.2 Å². The average molecular weight is 93.1 g/mol. The summed E-state index contributed by atoms with van der Waals surface area (Å²) in [7, 11) is 0. The summed E-state index contributed by atoms with van der Waals surface area (Å²) in [6.07, 6.45) is 10.4. The van der Waals surface area contributed by atoms with Crippen molar-refractivity contribution in [2.45, 2.75) is 13.3 Å². The van der Waals surface area contributed by atoms with Crippen molar-refractivity contribution in [3.8, 4) is 0 Å². The van der Waals surface area contributed by atoms with Gasteiger partial charge in [0.1, 0.15) is 0 Å². The van der Waals surface area contributed by atoms with Gasteiger partial charge < -0.3 is 0 Å². The molecule has 1 atom stereocenters. The van der Waals surface area contributed by atoms with Gasteiger partial charge in [-0.2, -0.15) is 0 Å². The van der Waals surface area contributed by atoms with Crippen molar-refractivity contribution in [1.82, 2.24) is 0 Å². The molecule has 0 aromatic rings. The van der Waals surface area contributed by atoms with Gasteiger partial charge in [-0.3, -0.25) is 0 Å². The highest BCUT2D eigenvalue weighted by atomic mass is 14.0. The Bertz CT molecular complexity index is 98.6. The summed E-state index contributed by atoms with van der Waals surface area (Å²) in [4.78, 5) is 0. The minimum Gasteiger partial charge on any atom is -0.0834 e. The topological polar surface area (TPSA) is 0 Å². The molecule has 0 fully saturated rings. The van der Waals surface area contributed by atoms with Gasteiger partial charge in [0.2, 0.25) is 0 Å². The summed E-state index contributed by atoms with van der Waals surface area (Å²) in [5, 5.41) is 0. The standard InChI is InChI=1S/C7H9/c1-7-5-3-2-4-6-7/h2-3,6-7H,5H2,1H3/t7-/m0/s1. The fourth-order valence-corrected chi connectivity index (χ4v) is 0.639. The first-order chi connectivity index (χ1) is 3.39. The van der Waals surface area contributed by atoms with Crippen molar-refractivity contribution in [1.29, 1.82) is 0 Å². The molecule has 0 amide bonds. The Morgan fingerprint density at radius 3 is 2.86 bits per heavy atom. The Balaban J connectivity index is 2.49. The second-order valence-electron chi connectivity index (χ2n) is 1.95. The summed E-state index contributed by atoms with van der Waals surface area (Å²) >= 11 is 0. The normalized spacial score (nSPS) is 28.4. The van der Waals surface area contributed by atoms with Gasteiger partial charge in [-0.25, -0.2) is 0 Å². The summed E-state index contributed by atoms with van der Waals surface area (Å²) in [6.45, 7) is 2.19. The van der Waals surface area contributed by atoms with Gasteiger partial charge >= 0.3 is 0 Å². The van der Waals surface area contributed by atoms with Crippen LogP contribution in [0.3, 0.4) is 0 Å². The van der Waals surface area contributed by atoms with Crippen molar-refractivity contribution in [3.05, 3.63) is 24.3 Å². The van der Waals surface area contributed by atoms with Crippen LogP contribution in [-0.2, 0) is 0 Å². The molecule has 1 rings (SSSR count). The van der Waals surface area contributed by atoms with E-state index in [1.54, 1.807) is 0 Å². The highest BCUT2D eigenvalue weighted by Crippen LogP contribution is 2.07. The Morgan fingerprint density at radius 2 is 2.57 bits per heavy atom. The second kappa shape index (κ2) is 1.97. The van der Waals surface area contributed by atoms with Gasteiger partial charge in [0.05, 0.1) is 0 Å². The van der Waals surface area contributed by atoms with Crippen LogP contribution in [0.1, 0.15) is 13.3 Å². The molecule has 0 saturated heterocycles. The van der Waals surface area contributed by atoms with Crippen LogP contribution in [0.2, 0.25) is 0 Å². The lowest BCUT2D eigenvalue weighted by atomic mass is 10.0. The fraction of sp³-hybridized carbons (Fsp3) is 0.429. The van der Waals surface area contributed by atoms with Gasteiger partial charge in [0.25, 0.3) is 0 Å². The van der Waals surface area contributed by atoms with Crippen LogP contribution < -0.4 is 0 Å². The van der Waals surface area contributed by atoms with E-state index in [0.29, 0.717) is 5.92 Å². The molecule has 0 unspecified atom stereocenters. The second-order valence-corrected chi connectivity index (χ2v) is 1.95. The predicted molar refractivity (Wildman–Crippen MR) is 30.7 cm³/mol. The van der Waals surface area contributed by atoms with Crippen molar-refractivity contribution in [3.63, 3.8) is 0 Å². The Labute approximate surface area is 44.5 Å². The maximum atomic E-state index is 3.03. The minimum atomic E-state index is 0.713. The number of allylic oxidation sites excluding steroid dienone is 4. The molecule has 1 aliphatic rings. The Kier molecular flexibility index (Phi) is 1.30. The van der Waals surface area contributed by atoms with E-state index >= 15 is 0 Å². The van der Waals surface area contributed by atoms with E-state index in [4.69, 9.17) is 0 Å². The fourth-order valence-electron chi connectivity index (χ4n) is 0.639. The molecule has 0 nitrogen and oxygen atoms in total. The SMILES string of the molecule is C[C@@H]1C=[C]C=CC1. The molecule has 0 spiro atoms. The third kappa shape index (κ3) is 1.19. The number of hydrogen-bond acceptors (Lipinski definition) is 0. The molecule has 1 aliphatic carbocycles. The molecule has 7 heavy (non-hydrogen) atoms. The quantitative estimate of drug-likeness (QED) is 0.429. The zero-order valence-corrected chi connectivity index (χ0v) is 4.52. The molecule has 0 aliphatic heterocycles.